The highest BCUT2D eigenvalue weighted by molar-refractivity contribution is 5.28. The lowest BCUT2D eigenvalue weighted by Crippen LogP contribution is -2.12. The molecule has 120 valence electrons. The second-order valence-electron chi connectivity index (χ2n) is 6.90. The van der Waals surface area contributed by atoms with Gasteiger partial charge in [0.25, 0.3) is 0 Å². The third-order valence-electron chi connectivity index (χ3n) is 4.03. The molecule has 0 unspecified atom stereocenters. The number of benzene rings is 1. The van der Waals surface area contributed by atoms with Crippen LogP contribution in [0.3, 0.4) is 0 Å². The predicted molar refractivity (Wildman–Crippen MR) is 90.8 cm³/mol. The fraction of sp³-hybridized carbons (Fsp3) is 0.556. The van der Waals surface area contributed by atoms with E-state index >= 15 is 0 Å². The van der Waals surface area contributed by atoms with Crippen molar-refractivity contribution in [1.29, 1.82) is 0 Å². The molecule has 0 aliphatic carbocycles. The Labute approximate surface area is 133 Å². The van der Waals surface area contributed by atoms with Gasteiger partial charge in [0.2, 0.25) is 0 Å². The first kappa shape index (κ1) is 16.7. The number of unbranched alkanes of at least 4 members (excludes halogenated alkanes) is 1. The first-order valence-electron chi connectivity index (χ1n) is 8.16. The Hall–Kier alpha value is -1.68. The van der Waals surface area contributed by atoms with Gasteiger partial charge >= 0.3 is 0 Å². The molecule has 0 bridgehead atoms. The van der Waals surface area contributed by atoms with Gasteiger partial charge in [0.15, 0.2) is 0 Å². The molecule has 0 saturated heterocycles. The van der Waals surface area contributed by atoms with Crippen LogP contribution in [0.5, 0.6) is 0 Å². The quantitative estimate of drug-likeness (QED) is 0.889. The lowest BCUT2D eigenvalue weighted by Gasteiger charge is -2.19. The van der Waals surface area contributed by atoms with E-state index in [0.717, 1.165) is 31.5 Å². The Morgan fingerprint density at radius 2 is 1.82 bits per heavy atom. The van der Waals surface area contributed by atoms with Crippen LogP contribution in [0.25, 0.3) is 0 Å². The van der Waals surface area contributed by atoms with Gasteiger partial charge in [-0.05, 0) is 29.4 Å². The summed E-state index contributed by atoms with van der Waals surface area (Å²) in [7, 11) is 0. The number of aromatic nitrogens is 3. The minimum atomic E-state index is 0.185. The minimum absolute atomic E-state index is 0.185. The monoisotopic (exact) mass is 300 g/mol. The summed E-state index contributed by atoms with van der Waals surface area (Å²) in [5, 5.41) is 8.52. The van der Waals surface area contributed by atoms with Crippen LogP contribution in [0.15, 0.2) is 24.3 Å². The molecule has 1 aromatic carbocycles. The van der Waals surface area contributed by atoms with E-state index in [0.29, 0.717) is 6.54 Å². The van der Waals surface area contributed by atoms with Crippen molar-refractivity contribution in [1.82, 2.24) is 15.0 Å². The van der Waals surface area contributed by atoms with Crippen molar-refractivity contribution in [2.24, 2.45) is 5.73 Å². The van der Waals surface area contributed by atoms with Crippen molar-refractivity contribution < 1.29 is 0 Å². The molecule has 0 radical (unpaired) electrons. The topological polar surface area (TPSA) is 56.7 Å². The molecule has 0 aliphatic rings. The predicted octanol–water partition coefficient (Wildman–Crippen LogP) is 3.43. The third-order valence-corrected chi connectivity index (χ3v) is 4.03. The maximum absolute atomic E-state index is 5.78. The van der Waals surface area contributed by atoms with Crippen molar-refractivity contribution in [3.8, 4) is 0 Å². The summed E-state index contributed by atoms with van der Waals surface area (Å²) in [6.45, 7) is 10.1. The van der Waals surface area contributed by atoms with E-state index in [-0.39, 0.29) is 5.41 Å². The SMILES string of the molecule is CCCCc1c(CN)nnn1Cc1ccc(C(C)(C)C)cc1. The zero-order valence-electron chi connectivity index (χ0n) is 14.3. The Morgan fingerprint density at radius 3 is 2.36 bits per heavy atom. The molecular formula is C18H28N4. The summed E-state index contributed by atoms with van der Waals surface area (Å²) in [6, 6.07) is 8.80. The van der Waals surface area contributed by atoms with Gasteiger partial charge in [-0.2, -0.15) is 0 Å². The minimum Gasteiger partial charge on any atom is -0.325 e. The van der Waals surface area contributed by atoms with Crippen LogP contribution >= 0.6 is 0 Å². The summed E-state index contributed by atoms with van der Waals surface area (Å²) in [4.78, 5) is 0. The van der Waals surface area contributed by atoms with Gasteiger partial charge in [-0.15, -0.1) is 5.10 Å². The molecule has 4 heteroatoms. The first-order valence-corrected chi connectivity index (χ1v) is 8.16. The zero-order chi connectivity index (χ0) is 16.2. The van der Waals surface area contributed by atoms with Gasteiger partial charge in [0.05, 0.1) is 17.9 Å². The van der Waals surface area contributed by atoms with Gasteiger partial charge in [-0.3, -0.25) is 0 Å². The molecule has 1 aromatic heterocycles. The van der Waals surface area contributed by atoms with Crippen LogP contribution in [-0.2, 0) is 24.9 Å². The molecule has 0 saturated carbocycles. The Balaban J connectivity index is 2.18. The van der Waals surface area contributed by atoms with Gasteiger partial charge < -0.3 is 5.73 Å². The van der Waals surface area contributed by atoms with E-state index in [1.54, 1.807) is 0 Å². The van der Waals surface area contributed by atoms with Crippen LogP contribution in [0.1, 0.15) is 63.1 Å². The molecule has 0 spiro atoms. The van der Waals surface area contributed by atoms with E-state index in [1.165, 1.54) is 16.8 Å². The molecule has 1 heterocycles. The van der Waals surface area contributed by atoms with Crippen LogP contribution in [0.2, 0.25) is 0 Å². The molecule has 0 aliphatic heterocycles. The van der Waals surface area contributed by atoms with Crippen LogP contribution < -0.4 is 5.73 Å². The lowest BCUT2D eigenvalue weighted by atomic mass is 9.87. The van der Waals surface area contributed by atoms with Crippen molar-refractivity contribution in [2.75, 3.05) is 0 Å². The first-order chi connectivity index (χ1) is 10.5. The van der Waals surface area contributed by atoms with Crippen molar-refractivity contribution >= 4 is 0 Å². The second kappa shape index (κ2) is 7.05. The van der Waals surface area contributed by atoms with Crippen LogP contribution in [0, 0.1) is 0 Å². The molecule has 4 nitrogen and oxygen atoms in total. The van der Waals surface area contributed by atoms with Crippen molar-refractivity contribution in [3.05, 3.63) is 46.8 Å². The maximum Gasteiger partial charge on any atom is 0.0994 e. The van der Waals surface area contributed by atoms with E-state index in [9.17, 15) is 0 Å². The summed E-state index contributed by atoms with van der Waals surface area (Å²) in [5.41, 5.74) is 10.7. The fourth-order valence-electron chi connectivity index (χ4n) is 2.55. The van der Waals surface area contributed by atoms with Crippen LogP contribution in [0.4, 0.5) is 0 Å². The van der Waals surface area contributed by atoms with Crippen molar-refractivity contribution in [2.45, 2.75) is 65.5 Å². The molecule has 0 atom stereocenters. The smallest absolute Gasteiger partial charge is 0.0994 e. The highest BCUT2D eigenvalue weighted by Gasteiger charge is 2.14. The fourth-order valence-corrected chi connectivity index (χ4v) is 2.55. The third kappa shape index (κ3) is 3.95. The van der Waals surface area contributed by atoms with E-state index < -0.39 is 0 Å². The van der Waals surface area contributed by atoms with E-state index in [2.05, 4.69) is 62.3 Å². The number of hydrogen-bond donors (Lipinski definition) is 1. The number of nitrogens with two attached hydrogens (primary N) is 1. The standard InChI is InChI=1S/C18H28N4/c1-5-6-7-17-16(12-19)20-21-22(17)13-14-8-10-15(11-9-14)18(2,3)4/h8-11H,5-7,12-13,19H2,1-4H3. The normalized spacial score (nSPS) is 11.9. The number of nitrogens with zero attached hydrogens (tertiary/aromatic N) is 3. The Kier molecular flexibility index (Phi) is 5.35. The average Bonchev–Trinajstić information content (AvgIpc) is 2.86. The average molecular weight is 300 g/mol. The van der Waals surface area contributed by atoms with Gasteiger partial charge in [-0.1, -0.05) is 63.6 Å². The molecule has 2 aromatic rings. The van der Waals surface area contributed by atoms with Crippen LogP contribution in [-0.4, -0.2) is 15.0 Å². The highest BCUT2D eigenvalue weighted by Crippen LogP contribution is 2.22. The Morgan fingerprint density at radius 1 is 1.14 bits per heavy atom. The molecular weight excluding hydrogens is 272 g/mol. The van der Waals surface area contributed by atoms with Gasteiger partial charge in [0.1, 0.15) is 0 Å². The molecule has 0 fully saturated rings. The largest absolute Gasteiger partial charge is 0.325 e. The van der Waals surface area contributed by atoms with Gasteiger partial charge in [-0.25, -0.2) is 4.68 Å². The van der Waals surface area contributed by atoms with E-state index in [4.69, 9.17) is 5.73 Å². The lowest BCUT2D eigenvalue weighted by molar-refractivity contribution is 0.587. The molecule has 22 heavy (non-hydrogen) atoms. The molecule has 2 rings (SSSR count). The summed E-state index contributed by atoms with van der Waals surface area (Å²) in [6.07, 6.45) is 3.30. The summed E-state index contributed by atoms with van der Waals surface area (Å²) in [5.74, 6) is 0. The second-order valence-corrected chi connectivity index (χ2v) is 6.90. The van der Waals surface area contributed by atoms with E-state index in [1.807, 2.05) is 4.68 Å². The zero-order valence-corrected chi connectivity index (χ0v) is 14.3. The maximum atomic E-state index is 5.78. The number of rotatable bonds is 6. The highest BCUT2D eigenvalue weighted by atomic mass is 15.4. The van der Waals surface area contributed by atoms with Gasteiger partial charge in [0, 0.05) is 6.54 Å². The Bertz CT molecular complexity index is 591. The molecule has 2 N–H and O–H groups in total. The summed E-state index contributed by atoms with van der Waals surface area (Å²) >= 11 is 0. The number of hydrogen-bond acceptors (Lipinski definition) is 3. The molecule has 0 amide bonds. The summed E-state index contributed by atoms with van der Waals surface area (Å²) < 4.78 is 2.00. The van der Waals surface area contributed by atoms with Crippen molar-refractivity contribution in [3.63, 3.8) is 0 Å².